The van der Waals surface area contributed by atoms with Crippen LogP contribution in [0.4, 0.5) is 5.69 Å². The fraction of sp³-hybridized carbons (Fsp3) is 0.467. The summed E-state index contributed by atoms with van der Waals surface area (Å²) in [5.74, 6) is -0.962. The first-order valence-electron chi connectivity index (χ1n) is 6.63. The van der Waals surface area contributed by atoms with Crippen molar-refractivity contribution in [1.29, 1.82) is 0 Å². The molecule has 5 nitrogen and oxygen atoms in total. The summed E-state index contributed by atoms with van der Waals surface area (Å²) in [5, 5.41) is 11.8. The fourth-order valence-corrected chi connectivity index (χ4v) is 2.28. The monoisotopic (exact) mass is 277 g/mol. The predicted molar refractivity (Wildman–Crippen MR) is 74.9 cm³/mol. The van der Waals surface area contributed by atoms with E-state index in [1.54, 1.807) is 26.2 Å². The van der Waals surface area contributed by atoms with Crippen LogP contribution in [0.3, 0.4) is 0 Å². The average molecular weight is 277 g/mol. The van der Waals surface area contributed by atoms with E-state index in [0.29, 0.717) is 17.9 Å². The quantitative estimate of drug-likeness (QED) is 0.837. The van der Waals surface area contributed by atoms with E-state index in [2.05, 4.69) is 5.32 Å². The number of benzene rings is 1. The summed E-state index contributed by atoms with van der Waals surface area (Å²) in [6.07, 6.45) is 2.49. The van der Waals surface area contributed by atoms with Gasteiger partial charge in [-0.25, -0.2) is 4.79 Å². The third-order valence-corrected chi connectivity index (χ3v) is 3.83. The molecule has 1 aliphatic rings. The number of carboxylic acids is 1. The molecule has 0 aliphatic heterocycles. The second-order valence-electron chi connectivity index (χ2n) is 5.31. The summed E-state index contributed by atoms with van der Waals surface area (Å²) in [7, 11) is 1.63. The highest BCUT2D eigenvalue weighted by molar-refractivity contribution is 5.98. The van der Waals surface area contributed by atoms with Crippen LogP contribution in [-0.2, 0) is 9.53 Å². The van der Waals surface area contributed by atoms with Crippen molar-refractivity contribution in [3.05, 3.63) is 29.3 Å². The van der Waals surface area contributed by atoms with Crippen molar-refractivity contribution in [2.24, 2.45) is 5.41 Å². The topological polar surface area (TPSA) is 75.6 Å². The molecule has 0 spiro atoms. The van der Waals surface area contributed by atoms with E-state index in [9.17, 15) is 9.59 Å². The summed E-state index contributed by atoms with van der Waals surface area (Å²) in [6, 6.07) is 4.83. The van der Waals surface area contributed by atoms with E-state index >= 15 is 0 Å². The molecule has 0 radical (unpaired) electrons. The van der Waals surface area contributed by atoms with Gasteiger partial charge in [-0.1, -0.05) is 0 Å². The van der Waals surface area contributed by atoms with Crippen molar-refractivity contribution < 1.29 is 19.4 Å². The molecule has 1 aromatic carbocycles. The predicted octanol–water partition coefficient (Wildman–Crippen LogP) is 2.45. The van der Waals surface area contributed by atoms with Gasteiger partial charge in [0.1, 0.15) is 0 Å². The zero-order valence-electron chi connectivity index (χ0n) is 11.7. The van der Waals surface area contributed by atoms with Crippen LogP contribution in [0, 0.1) is 12.3 Å². The first kappa shape index (κ1) is 14.5. The van der Waals surface area contributed by atoms with Gasteiger partial charge >= 0.3 is 5.97 Å². The lowest BCUT2D eigenvalue weighted by atomic mass is 10.0. The number of aromatic carboxylic acids is 1. The van der Waals surface area contributed by atoms with Gasteiger partial charge in [0.2, 0.25) is 5.91 Å². The second kappa shape index (κ2) is 5.63. The zero-order chi connectivity index (χ0) is 14.8. The number of hydrogen-bond acceptors (Lipinski definition) is 3. The number of anilines is 1. The van der Waals surface area contributed by atoms with E-state index in [1.165, 1.54) is 6.07 Å². The van der Waals surface area contributed by atoms with Crippen LogP contribution >= 0.6 is 0 Å². The Kier molecular flexibility index (Phi) is 4.09. The number of rotatable bonds is 6. The van der Waals surface area contributed by atoms with E-state index in [1.807, 2.05) is 0 Å². The molecule has 1 aliphatic carbocycles. The van der Waals surface area contributed by atoms with E-state index in [-0.39, 0.29) is 16.9 Å². The molecule has 0 unspecified atom stereocenters. The molecule has 0 aromatic heterocycles. The molecule has 1 amide bonds. The van der Waals surface area contributed by atoms with Gasteiger partial charge in [0.05, 0.1) is 11.0 Å². The number of ether oxygens (including phenoxy) is 1. The average Bonchev–Trinajstić information content (AvgIpc) is 3.17. The summed E-state index contributed by atoms with van der Waals surface area (Å²) >= 11 is 0. The van der Waals surface area contributed by atoms with Gasteiger partial charge in [-0.15, -0.1) is 0 Å². The minimum absolute atomic E-state index is 0.00275. The number of carboxylic acid groups (broad SMARTS) is 1. The fourth-order valence-electron chi connectivity index (χ4n) is 2.28. The normalized spacial score (nSPS) is 15.7. The number of carbonyl (C=O) groups is 2. The van der Waals surface area contributed by atoms with Crippen molar-refractivity contribution in [3.8, 4) is 0 Å². The summed E-state index contributed by atoms with van der Waals surface area (Å²) in [5.41, 5.74) is 1.23. The van der Waals surface area contributed by atoms with E-state index in [0.717, 1.165) is 19.3 Å². The largest absolute Gasteiger partial charge is 0.478 e. The van der Waals surface area contributed by atoms with Crippen LogP contribution in [0.1, 0.15) is 35.2 Å². The summed E-state index contributed by atoms with van der Waals surface area (Å²) in [6.45, 7) is 2.29. The van der Waals surface area contributed by atoms with Crippen LogP contribution in [0.15, 0.2) is 18.2 Å². The smallest absolute Gasteiger partial charge is 0.335 e. The number of carbonyl (C=O) groups excluding carboxylic acids is 1. The molecule has 0 bridgehead atoms. The highest BCUT2D eigenvalue weighted by Crippen LogP contribution is 2.49. The maximum Gasteiger partial charge on any atom is 0.335 e. The van der Waals surface area contributed by atoms with Crippen LogP contribution < -0.4 is 5.32 Å². The number of methoxy groups -OCH3 is 1. The molecule has 0 atom stereocenters. The van der Waals surface area contributed by atoms with Gasteiger partial charge in [0.15, 0.2) is 0 Å². The third-order valence-electron chi connectivity index (χ3n) is 3.83. The Morgan fingerprint density at radius 1 is 1.40 bits per heavy atom. The highest BCUT2D eigenvalue weighted by Gasteiger charge is 2.49. The molecule has 0 saturated heterocycles. The van der Waals surface area contributed by atoms with E-state index < -0.39 is 5.97 Å². The maximum atomic E-state index is 12.2. The minimum atomic E-state index is -0.959. The molecule has 0 heterocycles. The van der Waals surface area contributed by atoms with Crippen molar-refractivity contribution in [2.45, 2.75) is 26.2 Å². The molecular formula is C15H19NO4. The number of nitrogens with one attached hydrogen (secondary N) is 1. The highest BCUT2D eigenvalue weighted by atomic mass is 16.5. The molecule has 1 saturated carbocycles. The maximum absolute atomic E-state index is 12.2. The first-order valence-corrected chi connectivity index (χ1v) is 6.63. The van der Waals surface area contributed by atoms with Crippen LogP contribution in [0.5, 0.6) is 0 Å². The zero-order valence-corrected chi connectivity index (χ0v) is 11.7. The number of hydrogen-bond donors (Lipinski definition) is 2. The molecule has 2 rings (SSSR count). The Bertz CT molecular complexity index is 535. The Morgan fingerprint density at radius 3 is 2.60 bits per heavy atom. The molecule has 20 heavy (non-hydrogen) atoms. The number of aryl methyl sites for hydroxylation is 1. The molecular weight excluding hydrogens is 258 g/mol. The Balaban J connectivity index is 2.05. The molecule has 2 N–H and O–H groups in total. The first-order chi connectivity index (χ1) is 9.48. The molecule has 108 valence electrons. The van der Waals surface area contributed by atoms with Crippen molar-refractivity contribution in [3.63, 3.8) is 0 Å². The van der Waals surface area contributed by atoms with Gasteiger partial charge in [-0.2, -0.15) is 0 Å². The van der Waals surface area contributed by atoms with Crippen molar-refractivity contribution in [2.75, 3.05) is 19.0 Å². The summed E-state index contributed by atoms with van der Waals surface area (Å²) < 4.78 is 5.03. The van der Waals surface area contributed by atoms with Crippen LogP contribution in [0.2, 0.25) is 0 Å². The molecule has 5 heteroatoms. The van der Waals surface area contributed by atoms with E-state index in [4.69, 9.17) is 9.84 Å². The van der Waals surface area contributed by atoms with Crippen molar-refractivity contribution in [1.82, 2.24) is 0 Å². The van der Waals surface area contributed by atoms with Crippen LogP contribution in [0.25, 0.3) is 0 Å². The standard InChI is InChI=1S/C15H19NO4/c1-10-9-11(3-4-12(10)13(17)18)16-14(19)15(5-6-15)7-8-20-2/h3-4,9H,5-8H2,1-2H3,(H,16,19)(H,17,18). The lowest BCUT2D eigenvalue weighted by Gasteiger charge is -2.15. The molecule has 1 fully saturated rings. The van der Waals surface area contributed by atoms with Gasteiger partial charge < -0.3 is 15.2 Å². The SMILES string of the molecule is COCCC1(C(=O)Nc2ccc(C(=O)O)c(C)c2)CC1. The Hall–Kier alpha value is -1.88. The second-order valence-corrected chi connectivity index (χ2v) is 5.31. The Labute approximate surface area is 117 Å². The lowest BCUT2D eigenvalue weighted by Crippen LogP contribution is -2.25. The molecule has 1 aromatic rings. The third kappa shape index (κ3) is 2.99. The van der Waals surface area contributed by atoms with Gasteiger partial charge in [-0.05, 0) is 49.9 Å². The lowest BCUT2D eigenvalue weighted by molar-refractivity contribution is -0.121. The minimum Gasteiger partial charge on any atom is -0.478 e. The van der Waals surface area contributed by atoms with Crippen LogP contribution in [-0.4, -0.2) is 30.7 Å². The summed E-state index contributed by atoms with van der Waals surface area (Å²) in [4.78, 5) is 23.2. The Morgan fingerprint density at radius 2 is 2.10 bits per heavy atom. The van der Waals surface area contributed by atoms with Gasteiger partial charge in [0, 0.05) is 19.4 Å². The van der Waals surface area contributed by atoms with Gasteiger partial charge in [-0.3, -0.25) is 4.79 Å². The van der Waals surface area contributed by atoms with Crippen molar-refractivity contribution >= 4 is 17.6 Å². The number of amides is 1. The van der Waals surface area contributed by atoms with Gasteiger partial charge in [0.25, 0.3) is 0 Å².